The van der Waals surface area contributed by atoms with Crippen LogP contribution in [0.3, 0.4) is 0 Å². The molecule has 0 bridgehead atoms. The van der Waals surface area contributed by atoms with Crippen LogP contribution >= 0.6 is 12.2 Å². The molecule has 30 heavy (non-hydrogen) atoms. The van der Waals surface area contributed by atoms with Gasteiger partial charge in [0, 0.05) is 13.1 Å². The smallest absolute Gasteiger partial charge is 0.166 e. The molecule has 2 N–H and O–H groups in total. The van der Waals surface area contributed by atoms with Gasteiger partial charge in [0.2, 0.25) is 0 Å². The summed E-state index contributed by atoms with van der Waals surface area (Å²) in [6.07, 6.45) is 13.7. The summed E-state index contributed by atoms with van der Waals surface area (Å²) in [5.74, 6) is 0. The Morgan fingerprint density at radius 2 is 0.800 bits per heavy atom. The van der Waals surface area contributed by atoms with Crippen LogP contribution in [0.2, 0.25) is 49.4 Å². The lowest BCUT2D eigenvalue weighted by molar-refractivity contribution is 0.754. The Morgan fingerprint density at radius 1 is 0.533 bits per heavy atom. The molecule has 0 aromatic rings. The summed E-state index contributed by atoms with van der Waals surface area (Å²) in [5, 5.41) is 7.86. The van der Waals surface area contributed by atoms with Gasteiger partial charge in [-0.15, -0.1) is 0 Å². The molecule has 0 rings (SSSR count). The summed E-state index contributed by atoms with van der Waals surface area (Å²) in [7, 11) is -2.07. The SMILES string of the molecule is CCCC[Si](C)(CCCC)CCCNC(=S)NCCC[Si](C)(CCCC)CCCC. The van der Waals surface area contributed by atoms with Crippen molar-refractivity contribution in [1.29, 1.82) is 0 Å². The Kier molecular flexibility index (Phi) is 18.7. The maximum atomic E-state index is 5.55. The van der Waals surface area contributed by atoms with Crippen LogP contribution in [-0.2, 0) is 0 Å². The highest BCUT2D eigenvalue weighted by Crippen LogP contribution is 2.28. The maximum absolute atomic E-state index is 5.55. The fraction of sp³-hybridized carbons (Fsp3) is 0.960. The molecule has 0 radical (unpaired) electrons. The molecular weight excluding hydrogens is 417 g/mol. The summed E-state index contributed by atoms with van der Waals surface area (Å²) in [6.45, 7) is 16.7. The van der Waals surface area contributed by atoms with E-state index in [-0.39, 0.29) is 0 Å². The molecule has 0 aromatic carbocycles. The maximum Gasteiger partial charge on any atom is 0.166 e. The molecule has 0 unspecified atom stereocenters. The third-order valence-electron chi connectivity index (χ3n) is 7.02. The van der Waals surface area contributed by atoms with Crippen molar-refractivity contribution in [3.8, 4) is 0 Å². The van der Waals surface area contributed by atoms with Crippen LogP contribution < -0.4 is 10.6 Å². The molecule has 5 heteroatoms. The second-order valence-electron chi connectivity index (χ2n) is 10.4. The van der Waals surface area contributed by atoms with Crippen molar-refractivity contribution in [1.82, 2.24) is 10.6 Å². The zero-order valence-corrected chi connectivity index (χ0v) is 24.5. The summed E-state index contributed by atoms with van der Waals surface area (Å²) in [4.78, 5) is 0. The van der Waals surface area contributed by atoms with Crippen molar-refractivity contribution in [2.45, 2.75) is 141 Å². The predicted molar refractivity (Wildman–Crippen MR) is 150 cm³/mol. The number of unbranched alkanes of at least 4 members (excludes halogenated alkanes) is 4. The lowest BCUT2D eigenvalue weighted by Crippen LogP contribution is -2.38. The highest BCUT2D eigenvalue weighted by Gasteiger charge is 2.25. The van der Waals surface area contributed by atoms with Gasteiger partial charge in [0.15, 0.2) is 5.11 Å². The van der Waals surface area contributed by atoms with E-state index in [1.165, 1.54) is 100 Å². The van der Waals surface area contributed by atoms with E-state index < -0.39 is 16.1 Å². The van der Waals surface area contributed by atoms with E-state index in [4.69, 9.17) is 12.2 Å². The Labute approximate surface area is 198 Å². The quantitative estimate of drug-likeness (QED) is 0.105. The summed E-state index contributed by atoms with van der Waals surface area (Å²) >= 11 is 5.55. The third kappa shape index (κ3) is 15.9. The van der Waals surface area contributed by atoms with Crippen molar-refractivity contribution < 1.29 is 0 Å². The van der Waals surface area contributed by atoms with E-state index in [1.807, 2.05) is 0 Å². The first kappa shape index (κ1) is 30.1. The molecule has 0 fully saturated rings. The first-order valence-electron chi connectivity index (χ1n) is 13.4. The first-order chi connectivity index (χ1) is 14.3. The minimum Gasteiger partial charge on any atom is -0.363 e. The topological polar surface area (TPSA) is 24.1 Å². The molecule has 0 saturated heterocycles. The summed E-state index contributed by atoms with van der Waals surface area (Å²) < 4.78 is 0. The largest absolute Gasteiger partial charge is 0.363 e. The van der Waals surface area contributed by atoms with Gasteiger partial charge in [0.05, 0.1) is 16.1 Å². The van der Waals surface area contributed by atoms with Gasteiger partial charge in [0.1, 0.15) is 0 Å². The van der Waals surface area contributed by atoms with Crippen molar-refractivity contribution in [3.63, 3.8) is 0 Å². The number of thiocarbonyl (C=S) groups is 1. The van der Waals surface area contributed by atoms with Crippen LogP contribution in [0.1, 0.15) is 91.9 Å². The van der Waals surface area contributed by atoms with Gasteiger partial charge in [-0.2, -0.15) is 0 Å². The summed E-state index contributed by atoms with van der Waals surface area (Å²) in [6, 6.07) is 8.99. The molecule has 0 aliphatic rings. The minimum atomic E-state index is -1.04. The molecule has 0 aromatic heterocycles. The van der Waals surface area contributed by atoms with Crippen LogP contribution in [0.15, 0.2) is 0 Å². The highest BCUT2D eigenvalue weighted by atomic mass is 32.1. The Morgan fingerprint density at radius 3 is 1.07 bits per heavy atom. The van der Waals surface area contributed by atoms with Gasteiger partial charge in [-0.1, -0.05) is 128 Å². The fourth-order valence-corrected chi connectivity index (χ4v) is 13.3. The third-order valence-corrected chi connectivity index (χ3v) is 16.7. The Balaban J connectivity index is 4.09. The fourth-order valence-electron chi connectivity index (χ4n) is 4.66. The molecular formula is C25H56N2SSi2. The van der Waals surface area contributed by atoms with Gasteiger partial charge in [-0.3, -0.25) is 0 Å². The number of rotatable bonds is 20. The zero-order chi connectivity index (χ0) is 22.7. The molecule has 0 amide bonds. The molecule has 0 atom stereocenters. The second-order valence-corrected chi connectivity index (χ2v) is 21.1. The van der Waals surface area contributed by atoms with Crippen molar-refractivity contribution in [2.24, 2.45) is 0 Å². The lowest BCUT2D eigenvalue weighted by atomic mass is 10.4. The average molecular weight is 473 g/mol. The standard InChI is InChI=1S/C25H56N2SSi2/c1-7-11-19-29(5,20-12-8-2)23-15-17-26-25(28)27-18-16-24-30(6,21-13-9-3)22-14-10-4/h7-24H2,1-6H3,(H2,26,27,28). The van der Waals surface area contributed by atoms with E-state index in [0.29, 0.717) is 0 Å². The van der Waals surface area contributed by atoms with E-state index in [9.17, 15) is 0 Å². The van der Waals surface area contributed by atoms with E-state index >= 15 is 0 Å². The average Bonchev–Trinajstić information content (AvgIpc) is 2.74. The zero-order valence-electron chi connectivity index (χ0n) is 21.6. The van der Waals surface area contributed by atoms with Gasteiger partial charge < -0.3 is 10.6 Å². The van der Waals surface area contributed by atoms with Crippen LogP contribution in [0, 0.1) is 0 Å². The van der Waals surface area contributed by atoms with Crippen molar-refractivity contribution in [3.05, 3.63) is 0 Å². The van der Waals surface area contributed by atoms with E-state index in [0.717, 1.165) is 18.2 Å². The normalized spacial score (nSPS) is 12.2. The number of hydrogen-bond donors (Lipinski definition) is 2. The molecule has 2 nitrogen and oxygen atoms in total. The van der Waals surface area contributed by atoms with Gasteiger partial charge >= 0.3 is 0 Å². The molecule has 0 saturated carbocycles. The van der Waals surface area contributed by atoms with Gasteiger partial charge in [-0.05, 0) is 25.1 Å². The predicted octanol–water partition coefficient (Wildman–Crippen LogP) is 8.59. The van der Waals surface area contributed by atoms with E-state index in [2.05, 4.69) is 51.4 Å². The van der Waals surface area contributed by atoms with Crippen LogP contribution in [0.5, 0.6) is 0 Å². The number of nitrogens with one attached hydrogen (secondary N) is 2. The minimum absolute atomic E-state index is 0.881. The molecule has 0 spiro atoms. The summed E-state index contributed by atoms with van der Waals surface area (Å²) in [5.41, 5.74) is 0. The monoisotopic (exact) mass is 472 g/mol. The van der Waals surface area contributed by atoms with Crippen LogP contribution in [0.4, 0.5) is 0 Å². The van der Waals surface area contributed by atoms with Crippen LogP contribution in [-0.4, -0.2) is 34.3 Å². The van der Waals surface area contributed by atoms with Crippen molar-refractivity contribution in [2.75, 3.05) is 13.1 Å². The Hall–Kier alpha value is 0.124. The van der Waals surface area contributed by atoms with Gasteiger partial charge in [-0.25, -0.2) is 0 Å². The van der Waals surface area contributed by atoms with Crippen molar-refractivity contribution >= 4 is 33.5 Å². The molecule has 180 valence electrons. The number of hydrogen-bond acceptors (Lipinski definition) is 1. The first-order valence-corrected chi connectivity index (χ1v) is 20.0. The molecule has 0 heterocycles. The molecule has 0 aliphatic carbocycles. The molecule has 0 aliphatic heterocycles. The lowest BCUT2D eigenvalue weighted by Gasteiger charge is -2.28. The second kappa shape index (κ2) is 18.7. The highest BCUT2D eigenvalue weighted by molar-refractivity contribution is 7.80. The Bertz CT molecular complexity index is 366. The van der Waals surface area contributed by atoms with E-state index in [1.54, 1.807) is 0 Å². The van der Waals surface area contributed by atoms with Crippen LogP contribution in [0.25, 0.3) is 0 Å². The van der Waals surface area contributed by atoms with Gasteiger partial charge in [0.25, 0.3) is 0 Å².